The van der Waals surface area contributed by atoms with Crippen LogP contribution in [0, 0.1) is 13.8 Å². The second-order valence-electron chi connectivity index (χ2n) is 5.14. The summed E-state index contributed by atoms with van der Waals surface area (Å²) in [4.78, 5) is 4.48. The van der Waals surface area contributed by atoms with Crippen LogP contribution >= 0.6 is 15.9 Å². The number of halogens is 1. The van der Waals surface area contributed by atoms with Crippen molar-refractivity contribution in [2.75, 3.05) is 5.73 Å². The number of aryl methyl sites for hydroxylation is 2. The summed E-state index contributed by atoms with van der Waals surface area (Å²) in [6.45, 7) is 4.97. The van der Waals surface area contributed by atoms with Crippen LogP contribution in [0.3, 0.4) is 0 Å². The molecule has 3 aromatic rings. The Hall–Kier alpha value is -1.81. The number of rotatable bonds is 2. The van der Waals surface area contributed by atoms with Crippen molar-refractivity contribution in [1.29, 1.82) is 0 Å². The van der Waals surface area contributed by atoms with Crippen LogP contribution in [0.4, 0.5) is 5.69 Å². The van der Waals surface area contributed by atoms with Gasteiger partial charge >= 0.3 is 0 Å². The molecule has 0 aliphatic carbocycles. The van der Waals surface area contributed by atoms with Gasteiger partial charge in [0.1, 0.15) is 0 Å². The van der Waals surface area contributed by atoms with E-state index in [1.807, 2.05) is 24.5 Å². The molecule has 2 N–H and O–H groups in total. The van der Waals surface area contributed by atoms with Gasteiger partial charge in [-0.25, -0.2) is 4.98 Å². The molecule has 102 valence electrons. The number of nitrogen functional groups attached to an aromatic ring is 1. The van der Waals surface area contributed by atoms with Crippen molar-refractivity contribution in [3.8, 4) is 0 Å². The number of nitrogens with two attached hydrogens (primary N) is 1. The number of hydrogen-bond donors (Lipinski definition) is 1. The lowest BCUT2D eigenvalue weighted by Crippen LogP contribution is -2.02. The van der Waals surface area contributed by atoms with E-state index in [0.29, 0.717) is 0 Å². The highest BCUT2D eigenvalue weighted by Crippen LogP contribution is 2.23. The number of aromatic nitrogens is 2. The second kappa shape index (κ2) is 4.94. The van der Waals surface area contributed by atoms with Crippen LogP contribution in [-0.4, -0.2) is 9.55 Å². The number of imidazole rings is 1. The minimum Gasteiger partial charge on any atom is -0.398 e. The Balaban J connectivity index is 2.04. The SMILES string of the molecule is Cc1cc2ncn(Cc3ccc(Br)cc3N)c2cc1C. The molecule has 0 atom stereocenters. The normalized spacial score (nSPS) is 11.2. The Bertz CT molecular complexity index is 790. The zero-order chi connectivity index (χ0) is 14.3. The third-order valence-corrected chi connectivity index (χ3v) is 4.18. The van der Waals surface area contributed by atoms with Crippen molar-refractivity contribution in [3.05, 3.63) is 57.8 Å². The zero-order valence-corrected chi connectivity index (χ0v) is 13.1. The molecule has 0 unspecified atom stereocenters. The van der Waals surface area contributed by atoms with Crippen LogP contribution in [0.15, 0.2) is 41.1 Å². The first-order chi connectivity index (χ1) is 9.54. The number of benzene rings is 2. The molecule has 0 aliphatic heterocycles. The largest absolute Gasteiger partial charge is 0.398 e. The minimum atomic E-state index is 0.734. The van der Waals surface area contributed by atoms with Gasteiger partial charge in [-0.05, 0) is 54.8 Å². The molecule has 0 saturated heterocycles. The molecule has 3 rings (SSSR count). The van der Waals surface area contributed by atoms with Gasteiger partial charge < -0.3 is 10.3 Å². The summed E-state index contributed by atoms with van der Waals surface area (Å²) in [6.07, 6.45) is 1.88. The van der Waals surface area contributed by atoms with Gasteiger partial charge in [-0.1, -0.05) is 22.0 Å². The quantitative estimate of drug-likeness (QED) is 0.721. The molecule has 0 bridgehead atoms. The Morgan fingerprint density at radius 2 is 1.90 bits per heavy atom. The molecule has 4 heteroatoms. The summed E-state index contributed by atoms with van der Waals surface area (Å²) in [5.41, 5.74) is 12.7. The van der Waals surface area contributed by atoms with E-state index in [1.165, 1.54) is 11.1 Å². The lowest BCUT2D eigenvalue weighted by Gasteiger charge is -2.09. The van der Waals surface area contributed by atoms with Gasteiger partial charge in [0, 0.05) is 10.2 Å². The topological polar surface area (TPSA) is 43.8 Å². The van der Waals surface area contributed by atoms with E-state index >= 15 is 0 Å². The average Bonchev–Trinajstić information content (AvgIpc) is 2.76. The van der Waals surface area contributed by atoms with Gasteiger partial charge in [0.25, 0.3) is 0 Å². The fourth-order valence-corrected chi connectivity index (χ4v) is 2.71. The molecule has 20 heavy (non-hydrogen) atoms. The molecule has 0 amide bonds. The molecular weight excluding hydrogens is 314 g/mol. The van der Waals surface area contributed by atoms with Crippen molar-refractivity contribution in [2.45, 2.75) is 20.4 Å². The van der Waals surface area contributed by atoms with Crippen molar-refractivity contribution in [3.63, 3.8) is 0 Å². The molecule has 3 nitrogen and oxygen atoms in total. The van der Waals surface area contributed by atoms with E-state index in [1.54, 1.807) is 0 Å². The Kier molecular flexibility index (Phi) is 3.26. The molecule has 1 heterocycles. The lowest BCUT2D eigenvalue weighted by atomic mass is 10.1. The molecule has 1 aromatic heterocycles. The number of fused-ring (bicyclic) bond motifs is 1. The Morgan fingerprint density at radius 1 is 1.15 bits per heavy atom. The molecule has 2 aromatic carbocycles. The van der Waals surface area contributed by atoms with E-state index in [4.69, 9.17) is 5.73 Å². The van der Waals surface area contributed by atoms with Gasteiger partial charge in [-0.2, -0.15) is 0 Å². The van der Waals surface area contributed by atoms with E-state index in [9.17, 15) is 0 Å². The van der Waals surface area contributed by atoms with E-state index in [0.717, 1.165) is 33.3 Å². The predicted molar refractivity (Wildman–Crippen MR) is 86.9 cm³/mol. The van der Waals surface area contributed by atoms with Crippen molar-refractivity contribution >= 4 is 32.7 Å². The average molecular weight is 330 g/mol. The predicted octanol–water partition coefficient (Wildman–Crippen LogP) is 4.05. The van der Waals surface area contributed by atoms with Crippen molar-refractivity contribution in [1.82, 2.24) is 9.55 Å². The van der Waals surface area contributed by atoms with Gasteiger partial charge in [-0.3, -0.25) is 0 Å². The third kappa shape index (κ3) is 2.31. The maximum Gasteiger partial charge on any atom is 0.0961 e. The number of nitrogens with zero attached hydrogens (tertiary/aromatic N) is 2. The van der Waals surface area contributed by atoms with Gasteiger partial charge in [0.05, 0.1) is 23.9 Å². The van der Waals surface area contributed by atoms with Crippen LogP contribution in [0.2, 0.25) is 0 Å². The second-order valence-corrected chi connectivity index (χ2v) is 6.06. The minimum absolute atomic E-state index is 0.734. The summed E-state index contributed by atoms with van der Waals surface area (Å²) in [5, 5.41) is 0. The van der Waals surface area contributed by atoms with Gasteiger partial charge in [0.2, 0.25) is 0 Å². The fourth-order valence-electron chi connectivity index (χ4n) is 2.33. The zero-order valence-electron chi connectivity index (χ0n) is 11.5. The highest BCUT2D eigenvalue weighted by atomic mass is 79.9. The number of anilines is 1. The van der Waals surface area contributed by atoms with Crippen LogP contribution in [0.25, 0.3) is 11.0 Å². The van der Waals surface area contributed by atoms with E-state index in [2.05, 4.69) is 51.5 Å². The van der Waals surface area contributed by atoms with Gasteiger partial charge in [-0.15, -0.1) is 0 Å². The first-order valence-corrected chi connectivity index (χ1v) is 7.30. The fraction of sp³-hybridized carbons (Fsp3) is 0.188. The molecular formula is C16H16BrN3. The molecule has 0 saturated carbocycles. The maximum atomic E-state index is 6.07. The smallest absolute Gasteiger partial charge is 0.0961 e. The highest BCUT2D eigenvalue weighted by molar-refractivity contribution is 9.10. The summed E-state index contributed by atoms with van der Waals surface area (Å²) in [6, 6.07) is 10.3. The van der Waals surface area contributed by atoms with Crippen LogP contribution < -0.4 is 5.73 Å². The summed E-state index contributed by atoms with van der Waals surface area (Å²) in [5.74, 6) is 0. The first-order valence-electron chi connectivity index (χ1n) is 6.50. The standard InChI is InChI=1S/C16H16BrN3/c1-10-5-15-16(6-11(10)2)20(9-19-15)8-12-3-4-13(17)7-14(12)18/h3-7,9H,8,18H2,1-2H3. The third-order valence-electron chi connectivity index (χ3n) is 3.69. The monoisotopic (exact) mass is 329 g/mol. The maximum absolute atomic E-state index is 6.07. The molecule has 0 aliphatic rings. The Labute approximate surface area is 126 Å². The molecule has 0 fully saturated rings. The summed E-state index contributed by atoms with van der Waals surface area (Å²) in [7, 11) is 0. The molecule has 0 radical (unpaired) electrons. The summed E-state index contributed by atoms with van der Waals surface area (Å²) >= 11 is 3.43. The molecule has 0 spiro atoms. The van der Waals surface area contributed by atoms with Crippen molar-refractivity contribution in [2.24, 2.45) is 0 Å². The van der Waals surface area contributed by atoms with Crippen LogP contribution in [-0.2, 0) is 6.54 Å². The van der Waals surface area contributed by atoms with Crippen LogP contribution in [0.1, 0.15) is 16.7 Å². The van der Waals surface area contributed by atoms with E-state index in [-0.39, 0.29) is 0 Å². The van der Waals surface area contributed by atoms with Crippen molar-refractivity contribution < 1.29 is 0 Å². The first kappa shape index (κ1) is 13.2. The lowest BCUT2D eigenvalue weighted by molar-refractivity contribution is 0.826. The van der Waals surface area contributed by atoms with E-state index < -0.39 is 0 Å². The number of hydrogen-bond acceptors (Lipinski definition) is 2. The van der Waals surface area contributed by atoms with Gasteiger partial charge in [0.15, 0.2) is 0 Å². The highest BCUT2D eigenvalue weighted by Gasteiger charge is 2.07. The van der Waals surface area contributed by atoms with Crippen LogP contribution in [0.5, 0.6) is 0 Å². The summed E-state index contributed by atoms with van der Waals surface area (Å²) < 4.78 is 3.14. The Morgan fingerprint density at radius 3 is 2.65 bits per heavy atom.